The number of rotatable bonds is 6. The summed E-state index contributed by atoms with van der Waals surface area (Å²) in [7, 11) is -3.44. The standard InChI is InChI=1S/C19H30N6O4S/c1-5-20-18(22-13-17-21-12-16(29-17)19(2,3)4)24-7-9-25(10-8-24)30(26,27)14-15-6-11-28-23-15/h6,11-12H,5,7-10,13-14H2,1-4H3,(H,20,22). The van der Waals surface area contributed by atoms with Crippen LogP contribution in [-0.2, 0) is 27.7 Å². The third kappa shape index (κ3) is 5.60. The van der Waals surface area contributed by atoms with Crippen LogP contribution in [0.25, 0.3) is 0 Å². The number of nitrogens with zero attached hydrogens (tertiary/aromatic N) is 5. The molecule has 0 saturated carbocycles. The van der Waals surface area contributed by atoms with Gasteiger partial charge in [-0.25, -0.2) is 18.4 Å². The number of oxazole rings is 1. The Kier molecular flexibility index (Phi) is 6.81. The zero-order valence-corrected chi connectivity index (χ0v) is 18.8. The Hall–Kier alpha value is -2.40. The summed E-state index contributed by atoms with van der Waals surface area (Å²) in [5.74, 6) is 1.95. The van der Waals surface area contributed by atoms with E-state index >= 15 is 0 Å². The van der Waals surface area contributed by atoms with Gasteiger partial charge in [-0.3, -0.25) is 0 Å². The fraction of sp³-hybridized carbons (Fsp3) is 0.632. The fourth-order valence-electron chi connectivity index (χ4n) is 3.07. The molecule has 0 spiro atoms. The normalized spacial score (nSPS) is 16.8. The molecule has 0 amide bonds. The number of aliphatic imine (C=N–C) groups is 1. The van der Waals surface area contributed by atoms with E-state index in [4.69, 9.17) is 8.94 Å². The molecule has 30 heavy (non-hydrogen) atoms. The van der Waals surface area contributed by atoms with Gasteiger partial charge in [-0.05, 0) is 6.92 Å². The van der Waals surface area contributed by atoms with E-state index in [-0.39, 0.29) is 11.2 Å². The van der Waals surface area contributed by atoms with Gasteiger partial charge in [0.05, 0.1) is 11.9 Å². The highest BCUT2D eigenvalue weighted by Gasteiger charge is 2.29. The monoisotopic (exact) mass is 438 g/mol. The molecule has 1 N–H and O–H groups in total. The number of nitrogens with one attached hydrogen (secondary N) is 1. The van der Waals surface area contributed by atoms with Crippen LogP contribution in [0.15, 0.2) is 32.5 Å². The van der Waals surface area contributed by atoms with Gasteiger partial charge >= 0.3 is 0 Å². The summed E-state index contributed by atoms with van der Waals surface area (Å²) in [5.41, 5.74) is 0.306. The van der Waals surface area contributed by atoms with Crippen molar-refractivity contribution in [2.75, 3.05) is 32.7 Å². The number of hydrogen-bond donors (Lipinski definition) is 1. The van der Waals surface area contributed by atoms with Crippen LogP contribution in [0.5, 0.6) is 0 Å². The van der Waals surface area contributed by atoms with Crippen LogP contribution < -0.4 is 5.32 Å². The predicted octanol–water partition coefficient (Wildman–Crippen LogP) is 1.57. The maximum atomic E-state index is 12.6. The molecule has 3 heterocycles. The van der Waals surface area contributed by atoms with Crippen molar-refractivity contribution in [3.8, 4) is 0 Å². The first kappa shape index (κ1) is 22.3. The van der Waals surface area contributed by atoms with Crippen molar-refractivity contribution in [2.24, 2.45) is 4.99 Å². The Morgan fingerprint density at radius 3 is 2.57 bits per heavy atom. The van der Waals surface area contributed by atoms with Crippen molar-refractivity contribution in [3.05, 3.63) is 35.9 Å². The molecule has 0 aromatic carbocycles. The summed E-state index contributed by atoms with van der Waals surface area (Å²) >= 11 is 0. The third-order valence-electron chi connectivity index (χ3n) is 4.74. The molecule has 10 nitrogen and oxygen atoms in total. The van der Waals surface area contributed by atoms with Crippen molar-refractivity contribution >= 4 is 16.0 Å². The zero-order valence-electron chi connectivity index (χ0n) is 18.0. The van der Waals surface area contributed by atoms with Gasteiger partial charge in [0.15, 0.2) is 5.96 Å². The number of sulfonamides is 1. The summed E-state index contributed by atoms with van der Waals surface area (Å²) in [6.45, 7) is 11.1. The SMILES string of the molecule is CCNC(=NCc1ncc(C(C)(C)C)o1)N1CCN(S(=O)(=O)Cc2ccon2)CC1. The van der Waals surface area contributed by atoms with Crippen molar-refractivity contribution in [2.45, 2.75) is 45.4 Å². The van der Waals surface area contributed by atoms with Crippen molar-refractivity contribution in [3.63, 3.8) is 0 Å². The Morgan fingerprint density at radius 2 is 2.00 bits per heavy atom. The summed E-state index contributed by atoms with van der Waals surface area (Å²) in [5, 5.41) is 6.96. The Bertz CT molecular complexity index is 938. The molecule has 1 aliphatic heterocycles. The molecule has 1 fully saturated rings. The van der Waals surface area contributed by atoms with Gasteiger partial charge in [-0.2, -0.15) is 4.31 Å². The minimum absolute atomic E-state index is 0.104. The van der Waals surface area contributed by atoms with Gasteiger partial charge in [-0.1, -0.05) is 25.9 Å². The highest BCUT2D eigenvalue weighted by atomic mass is 32.2. The molecule has 0 unspecified atom stereocenters. The van der Waals surface area contributed by atoms with E-state index < -0.39 is 10.0 Å². The van der Waals surface area contributed by atoms with Gasteiger partial charge in [0.1, 0.15) is 24.3 Å². The first-order chi connectivity index (χ1) is 14.2. The van der Waals surface area contributed by atoms with E-state index in [1.807, 2.05) is 6.92 Å². The lowest BCUT2D eigenvalue weighted by atomic mass is 9.94. The predicted molar refractivity (Wildman–Crippen MR) is 112 cm³/mol. The number of guanidine groups is 1. The average molecular weight is 439 g/mol. The highest BCUT2D eigenvalue weighted by Crippen LogP contribution is 2.23. The lowest BCUT2D eigenvalue weighted by molar-refractivity contribution is 0.259. The van der Waals surface area contributed by atoms with E-state index in [0.717, 1.165) is 11.7 Å². The van der Waals surface area contributed by atoms with Crippen LogP contribution in [0.4, 0.5) is 0 Å². The third-order valence-corrected chi connectivity index (χ3v) is 6.56. The molecule has 2 aromatic rings. The molecule has 0 aliphatic carbocycles. The Labute approximate surface area is 177 Å². The molecule has 2 aromatic heterocycles. The Morgan fingerprint density at radius 1 is 1.27 bits per heavy atom. The molecule has 0 atom stereocenters. The highest BCUT2D eigenvalue weighted by molar-refractivity contribution is 7.88. The van der Waals surface area contributed by atoms with Crippen molar-refractivity contribution < 1.29 is 17.4 Å². The van der Waals surface area contributed by atoms with E-state index in [1.54, 1.807) is 12.3 Å². The van der Waals surface area contributed by atoms with Gasteiger partial charge < -0.3 is 19.2 Å². The van der Waals surface area contributed by atoms with Crippen molar-refractivity contribution in [1.82, 2.24) is 24.7 Å². The van der Waals surface area contributed by atoms with Crippen LogP contribution in [0, 0.1) is 0 Å². The second-order valence-electron chi connectivity index (χ2n) is 8.17. The van der Waals surface area contributed by atoms with Crippen LogP contribution in [-0.4, -0.2) is 66.4 Å². The lowest BCUT2D eigenvalue weighted by Crippen LogP contribution is -2.53. The van der Waals surface area contributed by atoms with Crippen LogP contribution in [0.3, 0.4) is 0 Å². The molecule has 3 rings (SSSR count). The van der Waals surface area contributed by atoms with Crippen LogP contribution >= 0.6 is 0 Å². The Balaban J connectivity index is 1.61. The minimum atomic E-state index is -3.44. The maximum absolute atomic E-state index is 12.6. The first-order valence-corrected chi connectivity index (χ1v) is 11.7. The maximum Gasteiger partial charge on any atom is 0.220 e. The number of hydrogen-bond acceptors (Lipinski definition) is 7. The molecular weight excluding hydrogens is 408 g/mol. The summed E-state index contributed by atoms with van der Waals surface area (Å²) in [4.78, 5) is 11.0. The second kappa shape index (κ2) is 9.17. The number of aromatic nitrogens is 2. The van der Waals surface area contributed by atoms with Crippen LogP contribution in [0.2, 0.25) is 0 Å². The quantitative estimate of drug-likeness (QED) is 0.534. The smallest absolute Gasteiger partial charge is 0.220 e. The largest absolute Gasteiger partial charge is 0.443 e. The zero-order chi connectivity index (χ0) is 21.8. The molecule has 11 heteroatoms. The molecule has 1 aliphatic rings. The van der Waals surface area contributed by atoms with Crippen LogP contribution in [0.1, 0.15) is 45.0 Å². The molecule has 1 saturated heterocycles. The molecular formula is C19H30N6O4S. The van der Waals surface area contributed by atoms with E-state index in [2.05, 4.69) is 46.1 Å². The first-order valence-electron chi connectivity index (χ1n) is 10.0. The summed E-state index contributed by atoms with van der Waals surface area (Å²) in [6.07, 6.45) is 3.12. The van der Waals surface area contributed by atoms with Crippen molar-refractivity contribution in [1.29, 1.82) is 0 Å². The topological polar surface area (TPSA) is 117 Å². The van der Waals surface area contributed by atoms with Gasteiger partial charge in [0, 0.05) is 44.2 Å². The molecule has 166 valence electrons. The van der Waals surface area contributed by atoms with E-state index in [9.17, 15) is 8.42 Å². The molecule has 0 radical (unpaired) electrons. The van der Waals surface area contributed by atoms with Gasteiger partial charge in [-0.15, -0.1) is 0 Å². The van der Waals surface area contributed by atoms with E-state index in [0.29, 0.717) is 50.9 Å². The number of piperazine rings is 1. The second-order valence-corrected chi connectivity index (χ2v) is 10.1. The molecule has 0 bridgehead atoms. The minimum Gasteiger partial charge on any atom is -0.443 e. The summed E-state index contributed by atoms with van der Waals surface area (Å²) in [6, 6.07) is 1.57. The fourth-order valence-corrected chi connectivity index (χ4v) is 4.49. The summed E-state index contributed by atoms with van der Waals surface area (Å²) < 4.78 is 37.2. The lowest BCUT2D eigenvalue weighted by Gasteiger charge is -2.35. The average Bonchev–Trinajstić information content (AvgIpc) is 3.36. The van der Waals surface area contributed by atoms with Gasteiger partial charge in [0.25, 0.3) is 0 Å². The van der Waals surface area contributed by atoms with E-state index in [1.165, 1.54) is 10.6 Å². The van der Waals surface area contributed by atoms with Gasteiger partial charge in [0.2, 0.25) is 15.9 Å².